The van der Waals surface area contributed by atoms with Gasteiger partial charge >= 0.3 is 0 Å². The van der Waals surface area contributed by atoms with Gasteiger partial charge < -0.3 is 14.4 Å². The van der Waals surface area contributed by atoms with Crippen LogP contribution in [0.25, 0.3) is 11.5 Å². The van der Waals surface area contributed by atoms with Crippen LogP contribution in [0.15, 0.2) is 59.0 Å². The molecule has 1 aliphatic rings. The molecule has 0 saturated carbocycles. The molecule has 0 radical (unpaired) electrons. The lowest BCUT2D eigenvalue weighted by Crippen LogP contribution is -2.44. The van der Waals surface area contributed by atoms with Gasteiger partial charge in [-0.05, 0) is 32.0 Å². The minimum absolute atomic E-state index is 0.112. The van der Waals surface area contributed by atoms with Gasteiger partial charge in [0.15, 0.2) is 0 Å². The van der Waals surface area contributed by atoms with Crippen LogP contribution in [0.1, 0.15) is 25.3 Å². The van der Waals surface area contributed by atoms with E-state index in [-0.39, 0.29) is 17.8 Å². The largest absolute Gasteiger partial charge is 0.417 e. The molecule has 0 bridgehead atoms. The molecule has 0 aliphatic carbocycles. The summed E-state index contributed by atoms with van der Waals surface area (Å²) in [6, 6.07) is 16.2. The fraction of sp³-hybridized carbons (Fsp3) is 0.211. The van der Waals surface area contributed by atoms with E-state index in [2.05, 4.69) is 10.2 Å². The lowest BCUT2D eigenvalue weighted by molar-refractivity contribution is -0.134. The zero-order valence-electron chi connectivity index (χ0n) is 13.9. The van der Waals surface area contributed by atoms with E-state index in [1.807, 2.05) is 50.2 Å². The van der Waals surface area contributed by atoms with E-state index in [0.717, 1.165) is 5.56 Å². The first-order valence-electron chi connectivity index (χ1n) is 8.08. The number of benzene rings is 2. The zero-order chi connectivity index (χ0) is 17.6. The first-order chi connectivity index (χ1) is 12.0. The highest BCUT2D eigenvalue weighted by Crippen LogP contribution is 2.45. The first-order valence-corrected chi connectivity index (χ1v) is 8.08. The normalized spacial score (nSPS) is 19.5. The molecule has 2 aromatic carbocycles. The summed E-state index contributed by atoms with van der Waals surface area (Å²) in [7, 11) is 0. The minimum atomic E-state index is -1.97. The number of fused-ring (bicyclic) bond motifs is 1. The lowest BCUT2D eigenvalue weighted by atomic mass is 9.95. The van der Waals surface area contributed by atoms with Crippen LogP contribution in [-0.4, -0.2) is 27.3 Å². The van der Waals surface area contributed by atoms with Crippen molar-refractivity contribution in [1.29, 1.82) is 0 Å². The Morgan fingerprint density at radius 1 is 1.04 bits per heavy atom. The number of anilines is 1. The SMILES string of the molecule is CC(C)N1C(=O)C(O)(c2nnc(-c3ccccc3)o2)c2ccccc21. The maximum absolute atomic E-state index is 13.0. The minimum Gasteiger partial charge on any atom is -0.417 e. The Labute approximate surface area is 144 Å². The van der Waals surface area contributed by atoms with E-state index in [0.29, 0.717) is 11.3 Å². The van der Waals surface area contributed by atoms with Crippen LogP contribution in [0.4, 0.5) is 5.69 Å². The van der Waals surface area contributed by atoms with Crippen molar-refractivity contribution in [3.8, 4) is 11.5 Å². The van der Waals surface area contributed by atoms with E-state index < -0.39 is 11.5 Å². The number of amides is 1. The number of hydrogen-bond donors (Lipinski definition) is 1. The second-order valence-electron chi connectivity index (χ2n) is 6.27. The van der Waals surface area contributed by atoms with Gasteiger partial charge in [0.05, 0.1) is 5.69 Å². The average Bonchev–Trinajstić information content (AvgIpc) is 3.20. The topological polar surface area (TPSA) is 79.5 Å². The molecule has 0 fully saturated rings. The highest BCUT2D eigenvalue weighted by atomic mass is 16.4. The van der Waals surface area contributed by atoms with Crippen molar-refractivity contribution in [3.63, 3.8) is 0 Å². The molecule has 1 atom stereocenters. The number of aromatic nitrogens is 2. The second-order valence-corrected chi connectivity index (χ2v) is 6.27. The van der Waals surface area contributed by atoms with Gasteiger partial charge in [-0.2, -0.15) is 0 Å². The molecule has 6 heteroatoms. The number of rotatable bonds is 3. The molecule has 1 aromatic heterocycles. The van der Waals surface area contributed by atoms with Crippen molar-refractivity contribution >= 4 is 11.6 Å². The summed E-state index contributed by atoms with van der Waals surface area (Å²) in [5.41, 5.74) is -0.133. The standard InChI is InChI=1S/C19H17N3O3/c1-12(2)22-15-11-7-6-10-14(15)19(24,18(22)23)17-21-20-16(25-17)13-8-4-3-5-9-13/h3-12,24H,1-2H3. The molecule has 0 spiro atoms. The molecule has 3 aromatic rings. The third-order valence-electron chi connectivity index (χ3n) is 4.35. The summed E-state index contributed by atoms with van der Waals surface area (Å²) in [5.74, 6) is -0.337. The molecule has 4 rings (SSSR count). The van der Waals surface area contributed by atoms with Gasteiger partial charge in [0.25, 0.3) is 11.8 Å². The number of carbonyl (C=O) groups is 1. The van der Waals surface area contributed by atoms with Crippen molar-refractivity contribution in [3.05, 3.63) is 66.1 Å². The predicted molar refractivity (Wildman–Crippen MR) is 91.8 cm³/mol. The number of para-hydroxylation sites is 1. The third kappa shape index (κ3) is 2.18. The summed E-state index contributed by atoms with van der Waals surface area (Å²) in [4.78, 5) is 14.6. The highest BCUT2D eigenvalue weighted by molar-refractivity contribution is 6.08. The summed E-state index contributed by atoms with van der Waals surface area (Å²) in [6.07, 6.45) is 0. The third-order valence-corrected chi connectivity index (χ3v) is 4.35. The number of aliphatic hydroxyl groups is 1. The van der Waals surface area contributed by atoms with Crippen LogP contribution in [0.3, 0.4) is 0 Å². The van der Waals surface area contributed by atoms with E-state index in [9.17, 15) is 9.90 Å². The Hall–Kier alpha value is -2.99. The molecule has 25 heavy (non-hydrogen) atoms. The number of nitrogens with zero attached hydrogens (tertiary/aromatic N) is 3. The monoisotopic (exact) mass is 335 g/mol. The zero-order valence-corrected chi connectivity index (χ0v) is 13.9. The van der Waals surface area contributed by atoms with Gasteiger partial charge in [-0.15, -0.1) is 10.2 Å². The second kappa shape index (κ2) is 5.53. The summed E-state index contributed by atoms with van der Waals surface area (Å²) < 4.78 is 5.69. The molecule has 1 N–H and O–H groups in total. The van der Waals surface area contributed by atoms with Crippen molar-refractivity contribution in [2.45, 2.75) is 25.5 Å². The average molecular weight is 335 g/mol. The van der Waals surface area contributed by atoms with Gasteiger partial charge in [-0.25, -0.2) is 0 Å². The van der Waals surface area contributed by atoms with Crippen LogP contribution in [0.2, 0.25) is 0 Å². The van der Waals surface area contributed by atoms with Crippen LogP contribution in [0.5, 0.6) is 0 Å². The van der Waals surface area contributed by atoms with Gasteiger partial charge in [0, 0.05) is 17.2 Å². The molecule has 1 aliphatic heterocycles. The van der Waals surface area contributed by atoms with E-state index in [4.69, 9.17) is 4.42 Å². The van der Waals surface area contributed by atoms with Crippen molar-refractivity contribution in [1.82, 2.24) is 10.2 Å². The van der Waals surface area contributed by atoms with Gasteiger partial charge in [0.2, 0.25) is 11.5 Å². The molecule has 6 nitrogen and oxygen atoms in total. The molecular weight excluding hydrogens is 318 g/mol. The number of hydrogen-bond acceptors (Lipinski definition) is 5. The van der Waals surface area contributed by atoms with Gasteiger partial charge in [-0.1, -0.05) is 36.4 Å². The fourth-order valence-electron chi connectivity index (χ4n) is 3.17. The molecular formula is C19H17N3O3. The fourth-order valence-corrected chi connectivity index (χ4v) is 3.17. The van der Waals surface area contributed by atoms with Crippen molar-refractivity contribution in [2.75, 3.05) is 4.90 Å². The van der Waals surface area contributed by atoms with E-state index in [1.54, 1.807) is 23.1 Å². The summed E-state index contributed by atoms with van der Waals surface area (Å²) >= 11 is 0. The Kier molecular flexibility index (Phi) is 3.43. The maximum Gasteiger partial charge on any atom is 0.273 e. The molecule has 2 heterocycles. The maximum atomic E-state index is 13.0. The Balaban J connectivity index is 1.85. The predicted octanol–water partition coefficient (Wildman–Crippen LogP) is 2.73. The Morgan fingerprint density at radius 2 is 1.72 bits per heavy atom. The number of carbonyl (C=O) groups excluding carboxylic acids is 1. The first kappa shape index (κ1) is 15.5. The highest BCUT2D eigenvalue weighted by Gasteiger charge is 2.55. The van der Waals surface area contributed by atoms with E-state index in [1.165, 1.54) is 0 Å². The quantitative estimate of drug-likeness (QED) is 0.796. The van der Waals surface area contributed by atoms with Gasteiger partial charge in [0.1, 0.15) is 0 Å². The summed E-state index contributed by atoms with van der Waals surface area (Å²) in [5, 5.41) is 19.3. The lowest BCUT2D eigenvalue weighted by Gasteiger charge is -2.23. The van der Waals surface area contributed by atoms with Crippen molar-refractivity contribution in [2.24, 2.45) is 0 Å². The smallest absolute Gasteiger partial charge is 0.273 e. The van der Waals surface area contributed by atoms with Gasteiger partial charge in [-0.3, -0.25) is 4.79 Å². The Morgan fingerprint density at radius 3 is 2.44 bits per heavy atom. The van der Waals surface area contributed by atoms with Crippen LogP contribution >= 0.6 is 0 Å². The van der Waals surface area contributed by atoms with Crippen LogP contribution in [-0.2, 0) is 10.4 Å². The van der Waals surface area contributed by atoms with Crippen LogP contribution in [0, 0.1) is 0 Å². The Bertz CT molecular complexity index is 936. The van der Waals surface area contributed by atoms with Crippen molar-refractivity contribution < 1.29 is 14.3 Å². The molecule has 126 valence electrons. The molecule has 1 amide bonds. The van der Waals surface area contributed by atoms with Crippen LogP contribution < -0.4 is 4.90 Å². The van der Waals surface area contributed by atoms with E-state index >= 15 is 0 Å². The molecule has 0 saturated heterocycles. The molecule has 1 unspecified atom stereocenters. The summed E-state index contributed by atoms with van der Waals surface area (Å²) in [6.45, 7) is 3.78.